The van der Waals surface area contributed by atoms with Crippen molar-refractivity contribution in [2.75, 3.05) is 11.2 Å². The molecule has 1 aromatic carbocycles. The maximum atomic E-state index is 5.72. The molecule has 1 aromatic heterocycles. The molecule has 0 aliphatic heterocycles. The van der Waals surface area contributed by atoms with E-state index in [4.69, 9.17) is 11.6 Å². The van der Waals surface area contributed by atoms with Crippen LogP contribution >= 0.6 is 11.6 Å². The lowest BCUT2D eigenvalue weighted by molar-refractivity contribution is 0.929. The summed E-state index contributed by atoms with van der Waals surface area (Å²) in [4.78, 5) is 8.76. The molecule has 0 spiro atoms. The Morgan fingerprint density at radius 3 is 2.53 bits per heavy atom. The number of alkyl halides is 1. The lowest BCUT2D eigenvalue weighted by Crippen LogP contribution is -2.00. The standard InChI is InChI=1S/C15H18ClN3/c1-11-9-12(2)18-15(17-11)19-14-7-3-5-13(10-14)6-4-8-16/h3,5,7,9-10H,4,6,8H2,1-2H3,(H,17,18,19). The smallest absolute Gasteiger partial charge is 0.227 e. The Labute approximate surface area is 119 Å². The van der Waals surface area contributed by atoms with Crippen LogP contribution in [0.1, 0.15) is 23.4 Å². The highest BCUT2D eigenvalue weighted by Crippen LogP contribution is 2.16. The van der Waals surface area contributed by atoms with Gasteiger partial charge in [-0.05, 0) is 50.5 Å². The van der Waals surface area contributed by atoms with Crippen molar-refractivity contribution in [3.05, 3.63) is 47.3 Å². The molecule has 0 bridgehead atoms. The van der Waals surface area contributed by atoms with E-state index in [0.717, 1.165) is 29.9 Å². The normalized spacial score (nSPS) is 10.5. The lowest BCUT2D eigenvalue weighted by Gasteiger charge is -2.08. The number of aryl methyl sites for hydroxylation is 3. The van der Waals surface area contributed by atoms with E-state index >= 15 is 0 Å². The van der Waals surface area contributed by atoms with Gasteiger partial charge in [-0.3, -0.25) is 0 Å². The molecular weight excluding hydrogens is 258 g/mol. The Morgan fingerprint density at radius 1 is 1.11 bits per heavy atom. The first-order valence-electron chi connectivity index (χ1n) is 6.41. The third kappa shape index (κ3) is 4.21. The summed E-state index contributed by atoms with van der Waals surface area (Å²) in [6.07, 6.45) is 1.98. The molecule has 0 aliphatic rings. The van der Waals surface area contributed by atoms with Crippen LogP contribution in [-0.4, -0.2) is 15.8 Å². The average Bonchev–Trinajstić information content (AvgIpc) is 2.35. The zero-order valence-electron chi connectivity index (χ0n) is 11.3. The minimum atomic E-state index is 0.645. The summed E-state index contributed by atoms with van der Waals surface area (Å²) in [7, 11) is 0. The van der Waals surface area contributed by atoms with E-state index in [1.807, 2.05) is 32.0 Å². The van der Waals surface area contributed by atoms with E-state index in [-0.39, 0.29) is 0 Å². The highest BCUT2D eigenvalue weighted by atomic mass is 35.5. The van der Waals surface area contributed by atoms with Crippen molar-refractivity contribution in [1.29, 1.82) is 0 Å². The Morgan fingerprint density at radius 2 is 1.84 bits per heavy atom. The summed E-state index contributed by atoms with van der Waals surface area (Å²) in [6.45, 7) is 3.94. The van der Waals surface area contributed by atoms with Crippen molar-refractivity contribution in [3.8, 4) is 0 Å². The van der Waals surface area contributed by atoms with Gasteiger partial charge in [0.1, 0.15) is 0 Å². The molecule has 0 saturated carbocycles. The number of nitrogens with zero attached hydrogens (tertiary/aromatic N) is 2. The van der Waals surface area contributed by atoms with E-state index in [9.17, 15) is 0 Å². The van der Waals surface area contributed by atoms with E-state index in [2.05, 4.69) is 27.4 Å². The van der Waals surface area contributed by atoms with Crippen molar-refractivity contribution >= 4 is 23.2 Å². The van der Waals surface area contributed by atoms with Crippen LogP contribution in [0.2, 0.25) is 0 Å². The number of benzene rings is 1. The molecule has 0 amide bonds. The third-order valence-corrected chi connectivity index (χ3v) is 3.03. The van der Waals surface area contributed by atoms with Crippen molar-refractivity contribution in [2.24, 2.45) is 0 Å². The second-order valence-electron chi connectivity index (χ2n) is 4.59. The molecule has 0 unspecified atom stereocenters. The highest BCUT2D eigenvalue weighted by molar-refractivity contribution is 6.17. The lowest BCUT2D eigenvalue weighted by atomic mass is 10.1. The molecule has 0 fully saturated rings. The Hall–Kier alpha value is -1.61. The summed E-state index contributed by atoms with van der Waals surface area (Å²) < 4.78 is 0. The monoisotopic (exact) mass is 275 g/mol. The van der Waals surface area contributed by atoms with Gasteiger partial charge in [-0.2, -0.15) is 0 Å². The summed E-state index contributed by atoms with van der Waals surface area (Å²) >= 11 is 5.72. The van der Waals surface area contributed by atoms with Gasteiger partial charge in [0, 0.05) is 23.0 Å². The summed E-state index contributed by atoms with van der Waals surface area (Å²) in [6, 6.07) is 10.2. The first-order chi connectivity index (χ1) is 9.17. The number of nitrogens with one attached hydrogen (secondary N) is 1. The second kappa shape index (κ2) is 6.53. The van der Waals surface area contributed by atoms with Crippen LogP contribution in [0.5, 0.6) is 0 Å². The summed E-state index contributed by atoms with van der Waals surface area (Å²) in [5.41, 5.74) is 4.22. The molecular formula is C15H18ClN3. The number of hydrogen-bond donors (Lipinski definition) is 1. The number of hydrogen-bond acceptors (Lipinski definition) is 3. The zero-order valence-corrected chi connectivity index (χ0v) is 12.0. The number of aromatic nitrogens is 2. The topological polar surface area (TPSA) is 37.8 Å². The molecule has 3 nitrogen and oxygen atoms in total. The summed E-state index contributed by atoms with van der Waals surface area (Å²) in [5.74, 6) is 1.34. The van der Waals surface area contributed by atoms with Gasteiger partial charge < -0.3 is 5.32 Å². The van der Waals surface area contributed by atoms with E-state index < -0.39 is 0 Å². The van der Waals surface area contributed by atoms with E-state index in [1.165, 1.54) is 5.56 Å². The number of halogens is 1. The first-order valence-corrected chi connectivity index (χ1v) is 6.95. The fourth-order valence-corrected chi connectivity index (χ4v) is 2.12. The molecule has 2 aromatic rings. The molecule has 0 aliphatic carbocycles. The SMILES string of the molecule is Cc1cc(C)nc(Nc2cccc(CCCCl)c2)n1. The second-order valence-corrected chi connectivity index (χ2v) is 4.97. The predicted octanol–water partition coefficient (Wildman–Crippen LogP) is 4.01. The van der Waals surface area contributed by atoms with Crippen LogP contribution in [0.25, 0.3) is 0 Å². The van der Waals surface area contributed by atoms with Gasteiger partial charge in [-0.1, -0.05) is 12.1 Å². The van der Waals surface area contributed by atoms with Gasteiger partial charge in [-0.25, -0.2) is 9.97 Å². The van der Waals surface area contributed by atoms with Gasteiger partial charge in [0.2, 0.25) is 5.95 Å². The fraction of sp³-hybridized carbons (Fsp3) is 0.333. The molecule has 4 heteroatoms. The van der Waals surface area contributed by atoms with Gasteiger partial charge in [0.15, 0.2) is 0 Å². The quantitative estimate of drug-likeness (QED) is 0.838. The Bertz CT molecular complexity index is 535. The maximum Gasteiger partial charge on any atom is 0.227 e. The van der Waals surface area contributed by atoms with Gasteiger partial charge >= 0.3 is 0 Å². The van der Waals surface area contributed by atoms with E-state index in [0.29, 0.717) is 11.8 Å². The number of anilines is 2. The minimum absolute atomic E-state index is 0.645. The number of rotatable bonds is 5. The molecule has 100 valence electrons. The molecule has 2 rings (SSSR count). The van der Waals surface area contributed by atoms with Crippen LogP contribution in [0.15, 0.2) is 30.3 Å². The van der Waals surface area contributed by atoms with Gasteiger partial charge in [-0.15, -0.1) is 11.6 Å². The largest absolute Gasteiger partial charge is 0.324 e. The van der Waals surface area contributed by atoms with Crippen molar-refractivity contribution in [2.45, 2.75) is 26.7 Å². The van der Waals surface area contributed by atoms with Crippen LogP contribution in [-0.2, 0) is 6.42 Å². The summed E-state index contributed by atoms with van der Waals surface area (Å²) in [5, 5.41) is 3.25. The highest BCUT2D eigenvalue weighted by Gasteiger charge is 2.01. The Kier molecular flexibility index (Phi) is 4.74. The van der Waals surface area contributed by atoms with Crippen molar-refractivity contribution in [3.63, 3.8) is 0 Å². The van der Waals surface area contributed by atoms with E-state index in [1.54, 1.807) is 0 Å². The average molecular weight is 276 g/mol. The molecule has 0 saturated heterocycles. The van der Waals surface area contributed by atoms with Crippen molar-refractivity contribution < 1.29 is 0 Å². The predicted molar refractivity (Wildman–Crippen MR) is 80.3 cm³/mol. The minimum Gasteiger partial charge on any atom is -0.324 e. The molecule has 1 N–H and O–H groups in total. The van der Waals surface area contributed by atoms with Crippen LogP contribution in [0.4, 0.5) is 11.6 Å². The van der Waals surface area contributed by atoms with Crippen LogP contribution < -0.4 is 5.32 Å². The van der Waals surface area contributed by atoms with Crippen molar-refractivity contribution in [1.82, 2.24) is 9.97 Å². The molecule has 0 atom stereocenters. The molecule has 19 heavy (non-hydrogen) atoms. The maximum absolute atomic E-state index is 5.72. The van der Waals surface area contributed by atoms with Gasteiger partial charge in [0.05, 0.1) is 0 Å². The van der Waals surface area contributed by atoms with Gasteiger partial charge in [0.25, 0.3) is 0 Å². The Balaban J connectivity index is 2.13. The molecule has 1 heterocycles. The molecule has 0 radical (unpaired) electrons. The fourth-order valence-electron chi connectivity index (χ4n) is 1.99. The zero-order chi connectivity index (χ0) is 13.7. The van der Waals surface area contributed by atoms with Crippen LogP contribution in [0, 0.1) is 13.8 Å². The first kappa shape index (κ1) is 13.8. The third-order valence-electron chi connectivity index (χ3n) is 2.76. The van der Waals surface area contributed by atoms with Crippen LogP contribution in [0.3, 0.4) is 0 Å².